The Hall–Kier alpha value is -1.97. The summed E-state index contributed by atoms with van der Waals surface area (Å²) in [6, 6.07) is 7.91. The lowest BCUT2D eigenvalue weighted by atomic mass is 10.1. The second kappa shape index (κ2) is 6.42. The number of hydrogen-bond donors (Lipinski definition) is 0. The number of ether oxygens (including phenoxy) is 1. The lowest BCUT2D eigenvalue weighted by molar-refractivity contribution is -0.137. The van der Waals surface area contributed by atoms with Crippen LogP contribution in [0.4, 0.5) is 13.2 Å². The van der Waals surface area contributed by atoms with Crippen LogP contribution in [0.25, 0.3) is 11.3 Å². The van der Waals surface area contributed by atoms with Gasteiger partial charge in [0, 0.05) is 17.8 Å². The van der Waals surface area contributed by atoms with Crippen molar-refractivity contribution in [3.05, 3.63) is 46.6 Å². The van der Waals surface area contributed by atoms with Crippen LogP contribution >= 0.6 is 11.6 Å². The van der Waals surface area contributed by atoms with Crippen molar-refractivity contribution >= 4 is 11.6 Å². The summed E-state index contributed by atoms with van der Waals surface area (Å²) in [7, 11) is 0. The summed E-state index contributed by atoms with van der Waals surface area (Å²) in [5.41, 5.74) is -0.759. The molecule has 0 saturated heterocycles. The van der Waals surface area contributed by atoms with Crippen LogP contribution in [-0.2, 0) is 17.6 Å². The molecule has 7 heteroatoms. The van der Waals surface area contributed by atoms with Gasteiger partial charge in [-0.1, -0.05) is 23.7 Å². The molecule has 0 aliphatic rings. The monoisotopic (exact) mass is 328 g/mol. The van der Waals surface area contributed by atoms with Crippen LogP contribution in [0.1, 0.15) is 18.1 Å². The number of aromatic nitrogens is 1. The van der Waals surface area contributed by atoms with Crippen LogP contribution in [0.3, 0.4) is 0 Å². The van der Waals surface area contributed by atoms with Crippen molar-refractivity contribution in [3.63, 3.8) is 0 Å². The van der Waals surface area contributed by atoms with Gasteiger partial charge >= 0.3 is 6.18 Å². The smallest absolute Gasteiger partial charge is 0.361 e. The topological polar surface area (TPSA) is 38.0 Å². The van der Waals surface area contributed by atoms with Crippen LogP contribution in [-0.4, -0.2) is 11.2 Å². The highest BCUT2D eigenvalue weighted by Gasteiger charge is 2.37. The Morgan fingerprint density at radius 2 is 1.91 bits per heavy atom. The zero-order chi connectivity index (χ0) is 16.3. The van der Waals surface area contributed by atoms with E-state index < -0.39 is 17.3 Å². The molecule has 0 aliphatic carbocycles. The van der Waals surface area contributed by atoms with Gasteiger partial charge < -0.3 is 9.30 Å². The number of hydrogen-bond acceptors (Lipinski definition) is 2. The molecular formula is C15H12ClF3N2O. The van der Waals surface area contributed by atoms with Crippen LogP contribution in [0, 0.1) is 11.3 Å². The van der Waals surface area contributed by atoms with E-state index in [1.165, 1.54) is 4.57 Å². The van der Waals surface area contributed by atoms with Gasteiger partial charge in [-0.2, -0.15) is 18.4 Å². The summed E-state index contributed by atoms with van der Waals surface area (Å²) in [5, 5.41) is 9.65. The van der Waals surface area contributed by atoms with E-state index in [9.17, 15) is 18.4 Å². The SMILES string of the molecule is CCOCn1cc(C(F)(F)F)c(C#N)c1-c1ccc(Cl)cc1. The van der Waals surface area contributed by atoms with Gasteiger partial charge in [0.05, 0.1) is 16.8 Å². The van der Waals surface area contributed by atoms with Crippen LogP contribution < -0.4 is 0 Å². The predicted octanol–water partition coefficient (Wildman–Crippen LogP) is 4.69. The molecule has 0 saturated carbocycles. The second-order valence-corrected chi connectivity index (χ2v) is 4.91. The number of nitrogens with zero attached hydrogens (tertiary/aromatic N) is 2. The van der Waals surface area contributed by atoms with Crippen molar-refractivity contribution in [2.24, 2.45) is 0 Å². The maximum Gasteiger partial charge on any atom is 0.419 e. The van der Waals surface area contributed by atoms with Gasteiger partial charge in [-0.15, -0.1) is 0 Å². The molecule has 0 unspecified atom stereocenters. The van der Waals surface area contributed by atoms with Gasteiger partial charge in [0.25, 0.3) is 0 Å². The van der Waals surface area contributed by atoms with E-state index in [0.29, 0.717) is 17.2 Å². The van der Waals surface area contributed by atoms with E-state index in [-0.39, 0.29) is 12.4 Å². The highest BCUT2D eigenvalue weighted by molar-refractivity contribution is 6.30. The Bertz CT molecular complexity index is 699. The fraction of sp³-hybridized carbons (Fsp3) is 0.267. The van der Waals surface area contributed by atoms with Gasteiger partial charge in [0.2, 0.25) is 0 Å². The molecule has 1 aromatic carbocycles. The number of benzene rings is 1. The van der Waals surface area contributed by atoms with Gasteiger partial charge in [0.1, 0.15) is 12.8 Å². The van der Waals surface area contributed by atoms with E-state index in [1.54, 1.807) is 37.3 Å². The minimum Gasteiger partial charge on any atom is -0.361 e. The summed E-state index contributed by atoms with van der Waals surface area (Å²) in [4.78, 5) is 0. The normalized spacial score (nSPS) is 11.5. The third-order valence-corrected chi connectivity index (χ3v) is 3.30. The highest BCUT2D eigenvalue weighted by Crippen LogP contribution is 2.38. The van der Waals surface area contributed by atoms with Gasteiger partial charge in [0.15, 0.2) is 0 Å². The summed E-state index contributed by atoms with van der Waals surface area (Å²) in [6.07, 6.45) is -3.71. The summed E-state index contributed by atoms with van der Waals surface area (Å²) >= 11 is 5.80. The fourth-order valence-electron chi connectivity index (χ4n) is 2.09. The molecule has 0 N–H and O–H groups in total. The number of nitriles is 1. The first-order valence-corrected chi connectivity index (χ1v) is 6.80. The third kappa shape index (κ3) is 3.26. The molecule has 3 nitrogen and oxygen atoms in total. The maximum atomic E-state index is 13.1. The molecule has 0 fully saturated rings. The zero-order valence-corrected chi connectivity index (χ0v) is 12.4. The average molecular weight is 329 g/mol. The van der Waals surface area contributed by atoms with Gasteiger partial charge in [-0.25, -0.2) is 0 Å². The Labute approximate surface area is 130 Å². The summed E-state index contributed by atoms with van der Waals surface area (Å²) < 4.78 is 45.8. The molecule has 0 bridgehead atoms. The highest BCUT2D eigenvalue weighted by atomic mass is 35.5. The predicted molar refractivity (Wildman–Crippen MR) is 76.2 cm³/mol. The molecule has 0 spiro atoms. The van der Waals surface area contributed by atoms with Gasteiger partial charge in [-0.3, -0.25) is 0 Å². The number of alkyl halides is 3. The van der Waals surface area contributed by atoms with E-state index in [0.717, 1.165) is 6.20 Å². The van der Waals surface area contributed by atoms with Crippen molar-refractivity contribution in [2.75, 3.05) is 6.61 Å². The van der Waals surface area contributed by atoms with Crippen molar-refractivity contribution in [3.8, 4) is 17.3 Å². The molecule has 22 heavy (non-hydrogen) atoms. The largest absolute Gasteiger partial charge is 0.419 e. The molecule has 0 atom stereocenters. The molecule has 0 aliphatic heterocycles. The molecule has 1 heterocycles. The van der Waals surface area contributed by atoms with E-state index in [4.69, 9.17) is 16.3 Å². The van der Waals surface area contributed by atoms with E-state index in [1.807, 2.05) is 0 Å². The molecule has 2 aromatic rings. The van der Waals surface area contributed by atoms with Crippen LogP contribution in [0.5, 0.6) is 0 Å². The second-order valence-electron chi connectivity index (χ2n) is 4.47. The fourth-order valence-corrected chi connectivity index (χ4v) is 2.22. The minimum atomic E-state index is -4.61. The molecule has 0 radical (unpaired) electrons. The Morgan fingerprint density at radius 1 is 1.27 bits per heavy atom. The van der Waals surface area contributed by atoms with E-state index >= 15 is 0 Å². The average Bonchev–Trinajstić information content (AvgIpc) is 2.84. The first kappa shape index (κ1) is 16.4. The third-order valence-electron chi connectivity index (χ3n) is 3.05. The van der Waals surface area contributed by atoms with Crippen molar-refractivity contribution < 1.29 is 17.9 Å². The molecular weight excluding hydrogens is 317 g/mol. The first-order valence-electron chi connectivity index (χ1n) is 6.42. The lowest BCUT2D eigenvalue weighted by Gasteiger charge is -2.09. The van der Waals surface area contributed by atoms with Crippen LogP contribution in [0.2, 0.25) is 5.02 Å². The zero-order valence-electron chi connectivity index (χ0n) is 11.6. The molecule has 116 valence electrons. The molecule has 0 amide bonds. The van der Waals surface area contributed by atoms with Crippen molar-refractivity contribution in [1.82, 2.24) is 4.57 Å². The Morgan fingerprint density at radius 3 is 2.41 bits per heavy atom. The van der Waals surface area contributed by atoms with Gasteiger partial charge in [-0.05, 0) is 24.6 Å². The molecule has 2 rings (SSSR count). The van der Waals surface area contributed by atoms with Crippen LogP contribution in [0.15, 0.2) is 30.5 Å². The quantitative estimate of drug-likeness (QED) is 0.816. The lowest BCUT2D eigenvalue weighted by Crippen LogP contribution is -2.05. The summed E-state index contributed by atoms with van der Waals surface area (Å²) in [5.74, 6) is 0. The van der Waals surface area contributed by atoms with Crippen molar-refractivity contribution in [1.29, 1.82) is 5.26 Å². The number of halogens is 4. The minimum absolute atomic E-state index is 0.0702. The Kier molecular flexibility index (Phi) is 4.79. The molecule has 1 aromatic heterocycles. The van der Waals surface area contributed by atoms with Crippen molar-refractivity contribution in [2.45, 2.75) is 19.8 Å². The Balaban J connectivity index is 2.65. The van der Waals surface area contributed by atoms with E-state index in [2.05, 4.69) is 0 Å². The standard InChI is InChI=1S/C15H12ClF3N2O/c1-2-22-9-21-8-13(15(17,18)19)12(7-20)14(21)10-3-5-11(16)6-4-10/h3-6,8H,2,9H2,1H3. The first-order chi connectivity index (χ1) is 10.4. The summed E-state index contributed by atoms with van der Waals surface area (Å²) in [6.45, 7) is 2.02. The maximum absolute atomic E-state index is 13.1. The number of rotatable bonds is 4.